The van der Waals surface area contributed by atoms with E-state index in [1.807, 2.05) is 18.7 Å². The van der Waals surface area contributed by atoms with Gasteiger partial charge in [0.15, 0.2) is 0 Å². The van der Waals surface area contributed by atoms with E-state index in [9.17, 15) is 5.11 Å². The van der Waals surface area contributed by atoms with E-state index in [2.05, 4.69) is 16.0 Å². The lowest BCUT2D eigenvalue weighted by atomic mass is 9.94. The van der Waals surface area contributed by atoms with Crippen molar-refractivity contribution in [1.29, 1.82) is 5.26 Å². The normalized spacial score (nSPS) is 18.8. The molecule has 90 valence electrons. The van der Waals surface area contributed by atoms with Crippen LogP contribution in [0.5, 0.6) is 0 Å². The Morgan fingerprint density at radius 3 is 2.71 bits per heavy atom. The van der Waals surface area contributed by atoms with Crippen LogP contribution in [0.3, 0.4) is 0 Å². The molecule has 1 aromatic rings. The summed E-state index contributed by atoms with van der Waals surface area (Å²) in [5, 5.41) is 18.9. The summed E-state index contributed by atoms with van der Waals surface area (Å²) in [6.07, 6.45) is 2.95. The zero-order valence-electron chi connectivity index (χ0n) is 10.1. The highest BCUT2D eigenvalue weighted by Crippen LogP contribution is 2.26. The summed E-state index contributed by atoms with van der Waals surface area (Å²) in [4.78, 5) is 10.4. The number of aromatic nitrogens is 2. The van der Waals surface area contributed by atoms with Crippen molar-refractivity contribution in [2.45, 2.75) is 32.3 Å². The Kier molecular flexibility index (Phi) is 2.99. The molecule has 0 aromatic carbocycles. The molecule has 0 spiro atoms. The number of piperidine rings is 1. The summed E-state index contributed by atoms with van der Waals surface area (Å²) < 4.78 is 0. The first-order valence-electron chi connectivity index (χ1n) is 5.73. The van der Waals surface area contributed by atoms with Gasteiger partial charge in [-0.3, -0.25) is 0 Å². The van der Waals surface area contributed by atoms with Crippen LogP contribution in [0.15, 0.2) is 6.20 Å². The van der Waals surface area contributed by atoms with Crippen molar-refractivity contribution >= 4 is 5.82 Å². The summed E-state index contributed by atoms with van der Waals surface area (Å²) in [5.41, 5.74) is -0.0945. The molecule has 1 aromatic heterocycles. The third kappa shape index (κ3) is 2.53. The Labute approximate surface area is 101 Å². The molecule has 1 N–H and O–H groups in total. The fraction of sp³-hybridized carbons (Fsp3) is 0.583. The first-order valence-corrected chi connectivity index (χ1v) is 5.73. The average Bonchev–Trinajstić information content (AvgIpc) is 2.29. The SMILES string of the molecule is Cc1ncc(C#N)c(N2CCC(C)(O)CC2)n1. The Morgan fingerprint density at radius 1 is 1.47 bits per heavy atom. The van der Waals surface area contributed by atoms with Gasteiger partial charge in [0.05, 0.1) is 11.8 Å². The van der Waals surface area contributed by atoms with E-state index in [-0.39, 0.29) is 0 Å². The van der Waals surface area contributed by atoms with Crippen LogP contribution < -0.4 is 4.90 Å². The van der Waals surface area contributed by atoms with E-state index < -0.39 is 5.60 Å². The number of hydrogen-bond donors (Lipinski definition) is 1. The molecule has 0 bridgehead atoms. The van der Waals surface area contributed by atoms with Gasteiger partial charge in [-0.25, -0.2) is 9.97 Å². The summed E-state index contributed by atoms with van der Waals surface area (Å²) in [7, 11) is 0. The van der Waals surface area contributed by atoms with Gasteiger partial charge in [-0.2, -0.15) is 5.26 Å². The number of aryl methyl sites for hydroxylation is 1. The molecule has 1 saturated heterocycles. The lowest BCUT2D eigenvalue weighted by molar-refractivity contribution is 0.0350. The smallest absolute Gasteiger partial charge is 0.150 e. The molecule has 5 heteroatoms. The van der Waals surface area contributed by atoms with Crippen molar-refractivity contribution in [3.05, 3.63) is 17.6 Å². The number of anilines is 1. The highest BCUT2D eigenvalue weighted by Gasteiger charge is 2.28. The predicted molar refractivity (Wildman–Crippen MR) is 63.6 cm³/mol. The highest BCUT2D eigenvalue weighted by atomic mass is 16.3. The summed E-state index contributed by atoms with van der Waals surface area (Å²) in [6.45, 7) is 5.10. The van der Waals surface area contributed by atoms with Crippen LogP contribution in [0.25, 0.3) is 0 Å². The van der Waals surface area contributed by atoms with Gasteiger partial charge in [-0.15, -0.1) is 0 Å². The van der Waals surface area contributed by atoms with Gasteiger partial charge in [0.1, 0.15) is 23.3 Å². The van der Waals surface area contributed by atoms with Crippen molar-refractivity contribution in [3.63, 3.8) is 0 Å². The van der Waals surface area contributed by atoms with Crippen molar-refractivity contribution in [2.75, 3.05) is 18.0 Å². The number of aliphatic hydroxyl groups is 1. The first kappa shape index (κ1) is 11.8. The topological polar surface area (TPSA) is 73.0 Å². The van der Waals surface area contributed by atoms with Gasteiger partial charge in [0.2, 0.25) is 0 Å². The summed E-state index contributed by atoms with van der Waals surface area (Å²) in [6, 6.07) is 2.11. The molecule has 17 heavy (non-hydrogen) atoms. The van der Waals surface area contributed by atoms with E-state index in [0.29, 0.717) is 30.0 Å². The molecule has 0 saturated carbocycles. The minimum atomic E-state index is -0.592. The first-order chi connectivity index (χ1) is 8.02. The fourth-order valence-corrected chi connectivity index (χ4v) is 1.98. The molecular formula is C12H16N4O. The third-order valence-corrected chi connectivity index (χ3v) is 3.15. The molecule has 1 aliphatic rings. The number of nitriles is 1. The number of hydrogen-bond acceptors (Lipinski definition) is 5. The third-order valence-electron chi connectivity index (χ3n) is 3.15. The van der Waals surface area contributed by atoms with Gasteiger partial charge < -0.3 is 10.0 Å². The maximum atomic E-state index is 9.90. The standard InChI is InChI=1S/C12H16N4O/c1-9-14-8-10(7-13)11(15-9)16-5-3-12(2,17)4-6-16/h8,17H,3-6H2,1-2H3. The van der Waals surface area contributed by atoms with E-state index in [1.54, 1.807) is 6.20 Å². The molecular weight excluding hydrogens is 216 g/mol. The minimum absolute atomic E-state index is 0.497. The van der Waals surface area contributed by atoms with Gasteiger partial charge in [0, 0.05) is 13.1 Å². The number of rotatable bonds is 1. The summed E-state index contributed by atoms with van der Waals surface area (Å²) >= 11 is 0. The van der Waals surface area contributed by atoms with Crippen molar-refractivity contribution in [2.24, 2.45) is 0 Å². The Morgan fingerprint density at radius 2 is 2.12 bits per heavy atom. The molecule has 0 atom stereocenters. The second-order valence-corrected chi connectivity index (χ2v) is 4.75. The average molecular weight is 232 g/mol. The second-order valence-electron chi connectivity index (χ2n) is 4.75. The van der Waals surface area contributed by atoms with Gasteiger partial charge >= 0.3 is 0 Å². The lowest BCUT2D eigenvalue weighted by Gasteiger charge is -2.36. The predicted octanol–water partition coefficient (Wildman–Crippen LogP) is 1.01. The zero-order valence-corrected chi connectivity index (χ0v) is 10.1. The van der Waals surface area contributed by atoms with Crippen LogP contribution in [0, 0.1) is 18.3 Å². The van der Waals surface area contributed by atoms with Gasteiger partial charge in [-0.1, -0.05) is 0 Å². The van der Waals surface area contributed by atoms with E-state index >= 15 is 0 Å². The number of nitrogens with zero attached hydrogens (tertiary/aromatic N) is 4. The Hall–Kier alpha value is -1.67. The quantitative estimate of drug-likeness (QED) is 0.782. The maximum absolute atomic E-state index is 9.90. The molecule has 1 fully saturated rings. The zero-order chi connectivity index (χ0) is 12.5. The molecule has 0 unspecified atom stereocenters. The van der Waals surface area contributed by atoms with Crippen LogP contribution >= 0.6 is 0 Å². The molecule has 1 aliphatic heterocycles. The van der Waals surface area contributed by atoms with E-state index in [1.165, 1.54) is 0 Å². The Bertz CT molecular complexity index is 454. The maximum Gasteiger partial charge on any atom is 0.150 e. The van der Waals surface area contributed by atoms with Crippen LogP contribution in [-0.4, -0.2) is 33.8 Å². The summed E-state index contributed by atoms with van der Waals surface area (Å²) in [5.74, 6) is 1.35. The van der Waals surface area contributed by atoms with Gasteiger partial charge in [0.25, 0.3) is 0 Å². The Balaban J connectivity index is 2.24. The van der Waals surface area contributed by atoms with E-state index in [4.69, 9.17) is 5.26 Å². The molecule has 0 radical (unpaired) electrons. The van der Waals surface area contributed by atoms with Crippen molar-refractivity contribution < 1.29 is 5.11 Å². The van der Waals surface area contributed by atoms with Crippen LogP contribution in [0.1, 0.15) is 31.2 Å². The van der Waals surface area contributed by atoms with Gasteiger partial charge in [-0.05, 0) is 26.7 Å². The minimum Gasteiger partial charge on any atom is -0.390 e. The van der Waals surface area contributed by atoms with E-state index in [0.717, 1.165) is 13.1 Å². The van der Waals surface area contributed by atoms with Crippen LogP contribution in [-0.2, 0) is 0 Å². The lowest BCUT2D eigenvalue weighted by Crippen LogP contribution is -2.43. The van der Waals surface area contributed by atoms with Crippen LogP contribution in [0.2, 0.25) is 0 Å². The second kappa shape index (κ2) is 4.30. The van der Waals surface area contributed by atoms with Crippen molar-refractivity contribution in [1.82, 2.24) is 9.97 Å². The molecule has 2 heterocycles. The monoisotopic (exact) mass is 232 g/mol. The van der Waals surface area contributed by atoms with Crippen LogP contribution in [0.4, 0.5) is 5.82 Å². The largest absolute Gasteiger partial charge is 0.390 e. The molecule has 0 aliphatic carbocycles. The molecule has 0 amide bonds. The fourth-order valence-electron chi connectivity index (χ4n) is 1.98. The van der Waals surface area contributed by atoms with Crippen molar-refractivity contribution in [3.8, 4) is 6.07 Å². The molecule has 5 nitrogen and oxygen atoms in total. The highest BCUT2D eigenvalue weighted by molar-refractivity contribution is 5.53. The molecule has 2 rings (SSSR count).